The van der Waals surface area contributed by atoms with Crippen LogP contribution in [0, 0.1) is 0 Å². The second-order valence-corrected chi connectivity index (χ2v) is 3.82. The van der Waals surface area contributed by atoms with Crippen LogP contribution in [-0.4, -0.2) is 5.78 Å². The first-order valence-electron chi connectivity index (χ1n) is 4.93. The lowest BCUT2D eigenvalue weighted by Gasteiger charge is -2.07. The Hall–Kier alpha value is -0.630. The number of benzene rings is 1. The zero-order valence-corrected chi connectivity index (χ0v) is 10.2. The molecule has 76 valence electrons. The molecule has 0 atom stereocenters. The summed E-state index contributed by atoms with van der Waals surface area (Å²) < 4.78 is 0. The third-order valence-electron chi connectivity index (χ3n) is 2.34. The van der Waals surface area contributed by atoms with Crippen molar-refractivity contribution < 1.29 is 4.79 Å². The summed E-state index contributed by atoms with van der Waals surface area (Å²) in [6.07, 6.45) is 1.59. The van der Waals surface area contributed by atoms with Gasteiger partial charge in [0.05, 0.1) is 0 Å². The maximum Gasteiger partial charge on any atom is 0.162 e. The number of hydrogen-bond acceptors (Lipinski definition) is 1. The van der Waals surface area contributed by atoms with Crippen LogP contribution in [0.1, 0.15) is 41.8 Å². The molecule has 0 heterocycles. The van der Waals surface area contributed by atoms with Crippen molar-refractivity contribution in [2.45, 2.75) is 32.0 Å². The Labute approximate surface area is 93.7 Å². The van der Waals surface area contributed by atoms with Gasteiger partial charge in [-0.1, -0.05) is 48.0 Å². The van der Waals surface area contributed by atoms with Crippen LogP contribution in [0.3, 0.4) is 0 Å². The molecule has 0 radical (unpaired) electrons. The number of hydrogen-bond donors (Lipinski definition) is 0. The minimum atomic E-state index is 0.224. The summed E-state index contributed by atoms with van der Waals surface area (Å²) in [6.45, 7) is 4.02. The highest BCUT2D eigenvalue weighted by molar-refractivity contribution is 9.08. The van der Waals surface area contributed by atoms with Gasteiger partial charge in [0.15, 0.2) is 5.78 Å². The molecule has 0 fully saturated rings. The third-order valence-corrected chi connectivity index (χ3v) is 2.95. The van der Waals surface area contributed by atoms with E-state index in [1.54, 1.807) is 0 Å². The fourth-order valence-corrected chi connectivity index (χ4v) is 1.90. The van der Waals surface area contributed by atoms with Gasteiger partial charge in [0, 0.05) is 17.3 Å². The maximum atomic E-state index is 11.6. The van der Waals surface area contributed by atoms with Gasteiger partial charge < -0.3 is 0 Å². The number of carbonyl (C=O) groups is 1. The van der Waals surface area contributed by atoms with Gasteiger partial charge in [0.2, 0.25) is 0 Å². The number of rotatable bonds is 4. The van der Waals surface area contributed by atoms with E-state index in [0.717, 1.165) is 22.9 Å². The number of carbonyl (C=O) groups excluding carboxylic acids is 1. The second kappa shape index (κ2) is 5.30. The lowest BCUT2D eigenvalue weighted by Crippen LogP contribution is -2.01. The predicted octanol–water partition coefficient (Wildman–Crippen LogP) is 3.74. The van der Waals surface area contributed by atoms with Gasteiger partial charge >= 0.3 is 0 Å². The molecule has 0 saturated carbocycles. The molecule has 0 aliphatic rings. The van der Waals surface area contributed by atoms with E-state index >= 15 is 0 Å². The van der Waals surface area contributed by atoms with Crippen LogP contribution in [0.2, 0.25) is 0 Å². The van der Waals surface area contributed by atoms with Gasteiger partial charge in [-0.15, -0.1) is 0 Å². The molecule has 0 amide bonds. The molecule has 1 aromatic carbocycles. The van der Waals surface area contributed by atoms with Gasteiger partial charge in [-0.05, 0) is 17.5 Å². The Morgan fingerprint density at radius 2 is 2.07 bits per heavy atom. The van der Waals surface area contributed by atoms with E-state index in [-0.39, 0.29) is 5.78 Å². The van der Waals surface area contributed by atoms with Gasteiger partial charge in [-0.25, -0.2) is 0 Å². The predicted molar refractivity (Wildman–Crippen MR) is 63.1 cm³/mol. The Morgan fingerprint density at radius 1 is 1.36 bits per heavy atom. The molecule has 0 spiro atoms. The van der Waals surface area contributed by atoms with E-state index in [2.05, 4.69) is 28.9 Å². The van der Waals surface area contributed by atoms with E-state index < -0.39 is 0 Å². The molecule has 0 aromatic heterocycles. The smallest absolute Gasteiger partial charge is 0.162 e. The lowest BCUT2D eigenvalue weighted by molar-refractivity contribution is 0.0987. The monoisotopic (exact) mass is 254 g/mol. The number of Topliss-reactive ketones (excluding diaryl/α,β-unsaturated/α-hetero) is 1. The summed E-state index contributed by atoms with van der Waals surface area (Å²) in [5.74, 6) is 0.224. The standard InChI is InChI=1S/C12H15BrO/c1-3-9-5-6-11(12(14)4-2)10(7-9)8-13/h5-7H,3-4,8H2,1-2H3. The zero-order valence-electron chi connectivity index (χ0n) is 8.64. The van der Waals surface area contributed by atoms with Crippen molar-refractivity contribution in [2.24, 2.45) is 0 Å². The van der Waals surface area contributed by atoms with Gasteiger partial charge in [0.1, 0.15) is 0 Å². The summed E-state index contributed by atoms with van der Waals surface area (Å²) in [6, 6.07) is 6.09. The fraction of sp³-hybridized carbons (Fsp3) is 0.417. The normalized spacial score (nSPS) is 10.2. The number of aryl methyl sites for hydroxylation is 1. The van der Waals surface area contributed by atoms with Crippen LogP contribution in [0.4, 0.5) is 0 Å². The third kappa shape index (κ3) is 2.44. The minimum Gasteiger partial charge on any atom is -0.294 e. The number of ketones is 1. The molecule has 0 saturated heterocycles. The molecule has 1 nitrogen and oxygen atoms in total. The van der Waals surface area contributed by atoms with Crippen LogP contribution in [-0.2, 0) is 11.8 Å². The summed E-state index contributed by atoms with van der Waals surface area (Å²) in [5, 5.41) is 0.752. The van der Waals surface area contributed by atoms with E-state index in [0.29, 0.717) is 6.42 Å². The Balaban J connectivity index is 3.11. The Morgan fingerprint density at radius 3 is 2.57 bits per heavy atom. The van der Waals surface area contributed by atoms with Crippen LogP contribution in [0.25, 0.3) is 0 Å². The van der Waals surface area contributed by atoms with Crippen LogP contribution in [0.15, 0.2) is 18.2 Å². The SMILES string of the molecule is CCC(=O)c1ccc(CC)cc1CBr. The van der Waals surface area contributed by atoms with Gasteiger partial charge in [-0.3, -0.25) is 4.79 Å². The van der Waals surface area contributed by atoms with Crippen molar-refractivity contribution in [2.75, 3.05) is 0 Å². The summed E-state index contributed by atoms with van der Waals surface area (Å²) in [4.78, 5) is 11.6. The average Bonchev–Trinajstić information content (AvgIpc) is 2.27. The van der Waals surface area contributed by atoms with Gasteiger partial charge in [-0.2, -0.15) is 0 Å². The van der Waals surface area contributed by atoms with Crippen LogP contribution in [0.5, 0.6) is 0 Å². The fourth-order valence-electron chi connectivity index (χ4n) is 1.44. The van der Waals surface area contributed by atoms with E-state index in [4.69, 9.17) is 0 Å². The van der Waals surface area contributed by atoms with Crippen molar-refractivity contribution in [3.63, 3.8) is 0 Å². The largest absolute Gasteiger partial charge is 0.294 e. The zero-order chi connectivity index (χ0) is 10.6. The van der Waals surface area contributed by atoms with Crippen molar-refractivity contribution in [1.29, 1.82) is 0 Å². The number of halogens is 1. The maximum absolute atomic E-state index is 11.6. The quantitative estimate of drug-likeness (QED) is 0.591. The molecule has 2 heteroatoms. The van der Waals surface area contributed by atoms with Crippen LogP contribution >= 0.6 is 15.9 Å². The first kappa shape index (κ1) is 11.4. The van der Waals surface area contributed by atoms with Crippen molar-refractivity contribution in [1.82, 2.24) is 0 Å². The van der Waals surface area contributed by atoms with Crippen LogP contribution < -0.4 is 0 Å². The summed E-state index contributed by atoms with van der Waals surface area (Å²) in [5.41, 5.74) is 3.25. The van der Waals surface area contributed by atoms with Crippen molar-refractivity contribution >= 4 is 21.7 Å². The van der Waals surface area contributed by atoms with Crippen molar-refractivity contribution in [3.8, 4) is 0 Å². The highest BCUT2D eigenvalue weighted by Crippen LogP contribution is 2.17. The lowest BCUT2D eigenvalue weighted by atomic mass is 10.00. The highest BCUT2D eigenvalue weighted by atomic mass is 79.9. The van der Waals surface area contributed by atoms with E-state index in [1.165, 1.54) is 5.56 Å². The van der Waals surface area contributed by atoms with Gasteiger partial charge in [0.25, 0.3) is 0 Å². The molecule has 0 bridgehead atoms. The first-order chi connectivity index (χ1) is 6.72. The molecule has 0 unspecified atom stereocenters. The Kier molecular flexibility index (Phi) is 4.33. The first-order valence-corrected chi connectivity index (χ1v) is 6.06. The summed E-state index contributed by atoms with van der Waals surface area (Å²) in [7, 11) is 0. The topological polar surface area (TPSA) is 17.1 Å². The highest BCUT2D eigenvalue weighted by Gasteiger charge is 2.08. The number of alkyl halides is 1. The second-order valence-electron chi connectivity index (χ2n) is 3.26. The Bertz CT molecular complexity index is 331. The summed E-state index contributed by atoms with van der Waals surface area (Å²) >= 11 is 3.42. The van der Waals surface area contributed by atoms with E-state index in [1.807, 2.05) is 19.1 Å². The molecule has 14 heavy (non-hydrogen) atoms. The molecule has 0 aliphatic carbocycles. The van der Waals surface area contributed by atoms with E-state index in [9.17, 15) is 4.79 Å². The van der Waals surface area contributed by atoms with Crippen molar-refractivity contribution in [3.05, 3.63) is 34.9 Å². The molecule has 1 rings (SSSR count). The molecular weight excluding hydrogens is 240 g/mol. The molecular formula is C12H15BrO. The molecule has 0 aliphatic heterocycles. The minimum absolute atomic E-state index is 0.224. The molecule has 1 aromatic rings. The molecule has 0 N–H and O–H groups in total. The average molecular weight is 255 g/mol.